The van der Waals surface area contributed by atoms with Crippen LogP contribution in [0.5, 0.6) is 0 Å². The number of rotatable bonds is 5. The Labute approximate surface area is 125 Å². The maximum absolute atomic E-state index is 12.0. The van der Waals surface area contributed by atoms with Gasteiger partial charge in [-0.25, -0.2) is 0 Å². The van der Waals surface area contributed by atoms with Crippen LogP contribution in [-0.2, 0) is 16.0 Å². The highest BCUT2D eigenvalue weighted by Gasteiger charge is 2.21. The highest BCUT2D eigenvalue weighted by molar-refractivity contribution is 5.85. The van der Waals surface area contributed by atoms with Gasteiger partial charge in [0.25, 0.3) is 0 Å². The standard InChI is InChI=1S/C16H23N3O2/c1-12-6-5-8-17-14(12)10-13(2)18-15(20)11-19-9-4-3-7-16(19)21/h5-6,8,13H,3-4,7,9-11H2,1-2H3,(H,18,20)/t13-/m0/s1. The number of nitrogens with zero attached hydrogens (tertiary/aromatic N) is 2. The molecule has 21 heavy (non-hydrogen) atoms. The number of nitrogens with one attached hydrogen (secondary N) is 1. The van der Waals surface area contributed by atoms with Gasteiger partial charge in [-0.3, -0.25) is 14.6 Å². The molecule has 0 saturated carbocycles. The van der Waals surface area contributed by atoms with Gasteiger partial charge in [0, 0.05) is 37.3 Å². The van der Waals surface area contributed by atoms with E-state index in [9.17, 15) is 9.59 Å². The topological polar surface area (TPSA) is 62.3 Å². The van der Waals surface area contributed by atoms with Crippen LogP contribution < -0.4 is 5.32 Å². The highest BCUT2D eigenvalue weighted by Crippen LogP contribution is 2.10. The minimum Gasteiger partial charge on any atom is -0.352 e. The van der Waals surface area contributed by atoms with E-state index in [-0.39, 0.29) is 24.4 Å². The Balaban J connectivity index is 1.82. The molecule has 2 heterocycles. The molecule has 0 spiro atoms. The van der Waals surface area contributed by atoms with Gasteiger partial charge in [0.1, 0.15) is 0 Å². The lowest BCUT2D eigenvalue weighted by atomic mass is 10.1. The van der Waals surface area contributed by atoms with Crippen molar-refractivity contribution in [3.8, 4) is 0 Å². The minimum atomic E-state index is -0.0914. The molecule has 1 saturated heterocycles. The van der Waals surface area contributed by atoms with Crippen LogP contribution in [-0.4, -0.2) is 40.8 Å². The molecule has 114 valence electrons. The summed E-state index contributed by atoms with van der Waals surface area (Å²) in [7, 11) is 0. The maximum Gasteiger partial charge on any atom is 0.239 e. The van der Waals surface area contributed by atoms with Gasteiger partial charge < -0.3 is 10.2 Å². The molecule has 5 nitrogen and oxygen atoms in total. The fourth-order valence-corrected chi connectivity index (χ4v) is 2.60. The van der Waals surface area contributed by atoms with Gasteiger partial charge in [-0.2, -0.15) is 0 Å². The van der Waals surface area contributed by atoms with Crippen LogP contribution in [0.15, 0.2) is 18.3 Å². The Hall–Kier alpha value is -1.91. The number of carbonyl (C=O) groups is 2. The van der Waals surface area contributed by atoms with Crippen molar-refractivity contribution in [1.82, 2.24) is 15.2 Å². The van der Waals surface area contributed by atoms with Gasteiger partial charge in [-0.15, -0.1) is 0 Å². The monoisotopic (exact) mass is 289 g/mol. The minimum absolute atomic E-state index is 0.00555. The van der Waals surface area contributed by atoms with E-state index >= 15 is 0 Å². The Morgan fingerprint density at radius 3 is 3.00 bits per heavy atom. The van der Waals surface area contributed by atoms with E-state index in [4.69, 9.17) is 0 Å². The van der Waals surface area contributed by atoms with E-state index in [1.54, 1.807) is 11.1 Å². The van der Waals surface area contributed by atoms with Crippen molar-refractivity contribution in [3.05, 3.63) is 29.6 Å². The molecule has 1 N–H and O–H groups in total. The SMILES string of the molecule is Cc1cccnc1C[C@H](C)NC(=O)CN1CCCCC1=O. The lowest BCUT2D eigenvalue weighted by Gasteiger charge is -2.26. The zero-order valence-electron chi connectivity index (χ0n) is 12.8. The average molecular weight is 289 g/mol. The number of hydrogen-bond donors (Lipinski definition) is 1. The quantitative estimate of drug-likeness (QED) is 0.892. The molecule has 0 radical (unpaired) electrons. The van der Waals surface area contributed by atoms with Gasteiger partial charge in [0.15, 0.2) is 0 Å². The van der Waals surface area contributed by atoms with E-state index in [0.29, 0.717) is 19.4 Å². The number of pyridine rings is 1. The lowest BCUT2D eigenvalue weighted by molar-refractivity contribution is -0.138. The fourth-order valence-electron chi connectivity index (χ4n) is 2.60. The highest BCUT2D eigenvalue weighted by atomic mass is 16.2. The Bertz CT molecular complexity index is 516. The van der Waals surface area contributed by atoms with Crippen molar-refractivity contribution in [3.63, 3.8) is 0 Å². The molecular weight excluding hydrogens is 266 g/mol. The Morgan fingerprint density at radius 2 is 2.29 bits per heavy atom. The Kier molecular flexibility index (Phi) is 5.31. The zero-order chi connectivity index (χ0) is 15.2. The van der Waals surface area contributed by atoms with E-state index < -0.39 is 0 Å². The van der Waals surface area contributed by atoms with Gasteiger partial charge in [0.05, 0.1) is 6.54 Å². The summed E-state index contributed by atoms with van der Waals surface area (Å²) in [5.41, 5.74) is 2.13. The van der Waals surface area contributed by atoms with Crippen LogP contribution in [0.1, 0.15) is 37.4 Å². The van der Waals surface area contributed by atoms with Crippen molar-refractivity contribution >= 4 is 11.8 Å². The molecule has 0 aliphatic carbocycles. The molecule has 1 fully saturated rings. The summed E-state index contributed by atoms with van der Waals surface area (Å²) in [4.78, 5) is 29.7. The normalized spacial score (nSPS) is 16.7. The number of likely N-dealkylation sites (tertiary alicyclic amines) is 1. The summed E-state index contributed by atoms with van der Waals surface area (Å²) in [5, 5.41) is 2.95. The number of amides is 2. The number of carbonyl (C=O) groups excluding carboxylic acids is 2. The van der Waals surface area contributed by atoms with Crippen LogP contribution in [0, 0.1) is 6.92 Å². The molecule has 2 amide bonds. The first-order valence-electron chi connectivity index (χ1n) is 7.54. The largest absolute Gasteiger partial charge is 0.352 e. The van der Waals surface area contributed by atoms with Gasteiger partial charge in [0.2, 0.25) is 11.8 Å². The molecule has 1 atom stereocenters. The Morgan fingerprint density at radius 1 is 1.48 bits per heavy atom. The van der Waals surface area contributed by atoms with Crippen molar-refractivity contribution in [2.45, 2.75) is 45.6 Å². The second-order valence-electron chi connectivity index (χ2n) is 5.71. The lowest BCUT2D eigenvalue weighted by Crippen LogP contribution is -2.45. The number of hydrogen-bond acceptors (Lipinski definition) is 3. The summed E-state index contributed by atoms with van der Waals surface area (Å²) in [6.45, 7) is 4.84. The van der Waals surface area contributed by atoms with E-state index in [1.807, 2.05) is 26.0 Å². The number of piperidine rings is 1. The maximum atomic E-state index is 12.0. The van der Waals surface area contributed by atoms with E-state index in [1.165, 1.54) is 0 Å². The summed E-state index contributed by atoms with van der Waals surface area (Å²) in [6.07, 6.45) is 4.96. The van der Waals surface area contributed by atoms with Crippen LogP contribution in [0.2, 0.25) is 0 Å². The molecule has 1 aliphatic heterocycles. The summed E-state index contributed by atoms with van der Waals surface area (Å²) in [6, 6.07) is 3.93. The van der Waals surface area contributed by atoms with Crippen LogP contribution >= 0.6 is 0 Å². The molecule has 2 rings (SSSR count). The third-order valence-corrected chi connectivity index (χ3v) is 3.78. The van der Waals surface area contributed by atoms with Crippen LogP contribution in [0.3, 0.4) is 0 Å². The third kappa shape index (κ3) is 4.55. The predicted octanol–water partition coefficient (Wildman–Crippen LogP) is 1.45. The first-order valence-corrected chi connectivity index (χ1v) is 7.54. The van der Waals surface area contributed by atoms with Gasteiger partial charge in [-0.05, 0) is 38.3 Å². The predicted molar refractivity (Wildman–Crippen MR) is 80.7 cm³/mol. The molecule has 0 aromatic carbocycles. The first-order chi connectivity index (χ1) is 10.1. The van der Waals surface area contributed by atoms with E-state index in [0.717, 1.165) is 24.1 Å². The number of aryl methyl sites for hydroxylation is 1. The smallest absolute Gasteiger partial charge is 0.239 e. The average Bonchev–Trinajstić information content (AvgIpc) is 2.44. The fraction of sp³-hybridized carbons (Fsp3) is 0.562. The molecule has 1 aromatic rings. The van der Waals surface area contributed by atoms with E-state index in [2.05, 4.69) is 10.3 Å². The van der Waals surface area contributed by atoms with Gasteiger partial charge >= 0.3 is 0 Å². The molecule has 1 aromatic heterocycles. The van der Waals surface area contributed by atoms with Gasteiger partial charge in [-0.1, -0.05) is 6.07 Å². The van der Waals surface area contributed by atoms with Crippen LogP contribution in [0.25, 0.3) is 0 Å². The number of aromatic nitrogens is 1. The van der Waals surface area contributed by atoms with Crippen molar-refractivity contribution in [2.24, 2.45) is 0 Å². The third-order valence-electron chi connectivity index (χ3n) is 3.78. The molecular formula is C16H23N3O2. The second kappa shape index (κ2) is 7.20. The zero-order valence-corrected chi connectivity index (χ0v) is 12.8. The van der Waals surface area contributed by atoms with Crippen molar-refractivity contribution in [1.29, 1.82) is 0 Å². The van der Waals surface area contributed by atoms with Crippen molar-refractivity contribution in [2.75, 3.05) is 13.1 Å². The molecule has 1 aliphatic rings. The molecule has 5 heteroatoms. The summed E-state index contributed by atoms with van der Waals surface area (Å²) < 4.78 is 0. The van der Waals surface area contributed by atoms with Crippen molar-refractivity contribution < 1.29 is 9.59 Å². The molecule has 0 unspecified atom stereocenters. The van der Waals surface area contributed by atoms with Crippen LogP contribution in [0.4, 0.5) is 0 Å². The molecule has 0 bridgehead atoms. The summed E-state index contributed by atoms with van der Waals surface area (Å²) in [5.74, 6) is -0.00374. The summed E-state index contributed by atoms with van der Waals surface area (Å²) >= 11 is 0. The first kappa shape index (κ1) is 15.5. The second-order valence-corrected chi connectivity index (χ2v) is 5.71.